The minimum Gasteiger partial charge on any atom is -0.497 e. The summed E-state index contributed by atoms with van der Waals surface area (Å²) >= 11 is 0. The van der Waals surface area contributed by atoms with Crippen molar-refractivity contribution in [3.8, 4) is 5.75 Å². The Bertz CT molecular complexity index is 764. The molecule has 2 aromatic rings. The number of hydrogen-bond donors (Lipinski definition) is 1. The Morgan fingerprint density at radius 3 is 2.76 bits per heavy atom. The molecule has 1 aromatic heterocycles. The largest absolute Gasteiger partial charge is 0.497 e. The van der Waals surface area contributed by atoms with Crippen LogP contribution in [0.2, 0.25) is 0 Å². The summed E-state index contributed by atoms with van der Waals surface area (Å²) in [5.41, 5.74) is 4.17. The Morgan fingerprint density at radius 1 is 1.29 bits per heavy atom. The number of sulfonamides is 1. The molecule has 1 aromatic carbocycles. The highest BCUT2D eigenvalue weighted by Gasteiger charge is 2.35. The van der Waals surface area contributed by atoms with Crippen LogP contribution in [0.5, 0.6) is 5.75 Å². The zero-order valence-corrected chi connectivity index (χ0v) is 12.3. The lowest BCUT2D eigenvalue weighted by Crippen LogP contribution is -2.42. The molecule has 21 heavy (non-hydrogen) atoms. The Balaban J connectivity index is 2.12. The fourth-order valence-electron chi connectivity index (χ4n) is 2.16. The maximum absolute atomic E-state index is 12.8. The molecule has 1 aliphatic heterocycles. The van der Waals surface area contributed by atoms with Crippen molar-refractivity contribution in [2.24, 2.45) is 0 Å². The summed E-state index contributed by atoms with van der Waals surface area (Å²) in [5.74, 6) is 0.581. The van der Waals surface area contributed by atoms with Gasteiger partial charge in [0.05, 0.1) is 12.8 Å². The van der Waals surface area contributed by atoms with Crippen LogP contribution in [0.15, 0.2) is 47.6 Å². The van der Waals surface area contributed by atoms with Gasteiger partial charge in [0, 0.05) is 25.5 Å². The quantitative estimate of drug-likeness (QED) is 0.925. The third kappa shape index (κ3) is 2.18. The molecule has 0 saturated carbocycles. The van der Waals surface area contributed by atoms with Gasteiger partial charge in [0.2, 0.25) is 0 Å². The van der Waals surface area contributed by atoms with E-state index in [4.69, 9.17) is 4.74 Å². The summed E-state index contributed by atoms with van der Waals surface area (Å²) in [7, 11) is -0.587. The smallest absolute Gasteiger partial charge is 0.280 e. The average Bonchev–Trinajstić information content (AvgIpc) is 2.83. The van der Waals surface area contributed by atoms with E-state index in [0.717, 1.165) is 0 Å². The number of benzene rings is 1. The van der Waals surface area contributed by atoms with E-state index in [2.05, 4.69) is 10.4 Å². The maximum atomic E-state index is 12.8. The van der Waals surface area contributed by atoms with Crippen molar-refractivity contribution in [3.05, 3.63) is 42.7 Å². The first-order valence-corrected chi connectivity index (χ1v) is 7.62. The van der Waals surface area contributed by atoms with Crippen molar-refractivity contribution in [2.45, 2.75) is 4.90 Å². The maximum Gasteiger partial charge on any atom is 0.280 e. The van der Waals surface area contributed by atoms with E-state index in [9.17, 15) is 8.42 Å². The van der Waals surface area contributed by atoms with Crippen LogP contribution in [-0.4, -0.2) is 32.7 Å². The molecular weight excluding hydrogens is 292 g/mol. The molecule has 110 valence electrons. The second-order valence-corrected chi connectivity index (χ2v) is 6.22. The topological polar surface area (TPSA) is 74.8 Å². The van der Waals surface area contributed by atoms with Crippen LogP contribution in [0.25, 0.3) is 0 Å². The minimum absolute atomic E-state index is 0.120. The molecule has 0 amide bonds. The van der Waals surface area contributed by atoms with Gasteiger partial charge in [0.15, 0.2) is 0 Å². The van der Waals surface area contributed by atoms with E-state index >= 15 is 0 Å². The van der Waals surface area contributed by atoms with Crippen LogP contribution in [0, 0.1) is 0 Å². The van der Waals surface area contributed by atoms with E-state index in [1.165, 1.54) is 35.1 Å². The van der Waals surface area contributed by atoms with Gasteiger partial charge in [-0.05, 0) is 24.3 Å². The Morgan fingerprint density at radius 2 is 2.10 bits per heavy atom. The lowest BCUT2D eigenvalue weighted by molar-refractivity contribution is 0.414. The summed E-state index contributed by atoms with van der Waals surface area (Å²) in [5, 5.41) is 1.41. The van der Waals surface area contributed by atoms with Gasteiger partial charge in [-0.1, -0.05) is 0 Å². The lowest BCUT2D eigenvalue weighted by Gasteiger charge is -2.24. The zero-order chi connectivity index (χ0) is 15.0. The molecule has 8 heteroatoms. The second-order valence-electron chi connectivity index (χ2n) is 4.46. The molecule has 2 heterocycles. The number of aromatic nitrogens is 1. The van der Waals surface area contributed by atoms with Crippen molar-refractivity contribution in [2.75, 3.05) is 24.0 Å². The van der Waals surface area contributed by atoms with E-state index in [1.807, 2.05) is 0 Å². The van der Waals surface area contributed by atoms with E-state index in [0.29, 0.717) is 17.1 Å². The van der Waals surface area contributed by atoms with Gasteiger partial charge in [-0.2, -0.15) is 12.8 Å². The van der Waals surface area contributed by atoms with Gasteiger partial charge in [-0.25, -0.2) is 0 Å². The number of hydrazine groups is 2. The molecule has 0 saturated heterocycles. The predicted octanol–water partition coefficient (Wildman–Crippen LogP) is 1.47. The van der Waals surface area contributed by atoms with Gasteiger partial charge in [0.1, 0.15) is 16.3 Å². The number of rotatable bonds is 3. The van der Waals surface area contributed by atoms with Crippen molar-refractivity contribution >= 4 is 21.4 Å². The molecule has 0 unspecified atom stereocenters. The number of anilines is 2. The first-order valence-electron chi connectivity index (χ1n) is 6.18. The molecular formula is C13H14N4O3S. The van der Waals surface area contributed by atoms with Crippen molar-refractivity contribution in [1.29, 1.82) is 0 Å². The Labute approximate surface area is 122 Å². The van der Waals surface area contributed by atoms with E-state index in [-0.39, 0.29) is 4.90 Å². The fourth-order valence-corrected chi connectivity index (χ4v) is 3.58. The summed E-state index contributed by atoms with van der Waals surface area (Å²) < 4.78 is 31.9. The molecule has 0 fully saturated rings. The van der Waals surface area contributed by atoms with Crippen LogP contribution in [0.1, 0.15) is 0 Å². The summed E-state index contributed by atoms with van der Waals surface area (Å²) in [6, 6.07) is 8.29. The van der Waals surface area contributed by atoms with Crippen molar-refractivity contribution in [3.63, 3.8) is 0 Å². The van der Waals surface area contributed by atoms with E-state index in [1.54, 1.807) is 31.3 Å². The SMILES string of the molecule is COc1ccc2c(c1)N(S(=O)(=O)c1cccnc1)N(C)N2. The highest BCUT2D eigenvalue weighted by molar-refractivity contribution is 7.92. The summed E-state index contributed by atoms with van der Waals surface area (Å²) in [6.07, 6.45) is 2.85. The Kier molecular flexibility index (Phi) is 3.19. The number of pyridine rings is 1. The van der Waals surface area contributed by atoms with Crippen LogP contribution in [0.4, 0.5) is 11.4 Å². The van der Waals surface area contributed by atoms with Crippen LogP contribution in [-0.2, 0) is 10.0 Å². The van der Waals surface area contributed by atoms with Gasteiger partial charge >= 0.3 is 0 Å². The second kappa shape index (κ2) is 4.90. The van der Waals surface area contributed by atoms with Crippen LogP contribution < -0.4 is 14.6 Å². The first-order chi connectivity index (χ1) is 10.0. The molecule has 1 aliphatic rings. The summed E-state index contributed by atoms with van der Waals surface area (Å²) in [4.78, 5) is 3.99. The summed E-state index contributed by atoms with van der Waals surface area (Å²) in [6.45, 7) is 0. The van der Waals surface area contributed by atoms with Crippen molar-refractivity contribution < 1.29 is 13.2 Å². The molecule has 0 spiro atoms. The molecule has 1 N–H and O–H groups in total. The molecule has 0 atom stereocenters. The normalized spacial score (nSPS) is 14.7. The Hall–Kier alpha value is -2.32. The van der Waals surface area contributed by atoms with Crippen LogP contribution in [0.3, 0.4) is 0 Å². The molecule has 0 bridgehead atoms. The fraction of sp³-hybridized carbons (Fsp3) is 0.154. The number of nitrogens with one attached hydrogen (secondary N) is 1. The van der Waals surface area contributed by atoms with Gasteiger partial charge < -0.3 is 4.74 Å². The third-order valence-electron chi connectivity index (χ3n) is 3.13. The predicted molar refractivity (Wildman–Crippen MR) is 78.3 cm³/mol. The number of fused-ring (bicyclic) bond motifs is 1. The van der Waals surface area contributed by atoms with Gasteiger partial charge in [0.25, 0.3) is 10.0 Å². The molecule has 0 aliphatic carbocycles. The molecule has 7 nitrogen and oxygen atoms in total. The highest BCUT2D eigenvalue weighted by Crippen LogP contribution is 2.39. The molecule has 0 radical (unpaired) electrons. The van der Waals surface area contributed by atoms with E-state index < -0.39 is 10.0 Å². The standard InChI is InChI=1S/C13H14N4O3S/c1-16-15-12-6-5-10(20-2)8-13(12)17(16)21(18,19)11-4-3-7-14-9-11/h3-9,15H,1-2H3. The molecule has 3 rings (SSSR count). The minimum atomic E-state index is -3.75. The number of hydrogen-bond acceptors (Lipinski definition) is 6. The zero-order valence-electron chi connectivity index (χ0n) is 11.5. The average molecular weight is 306 g/mol. The number of methoxy groups -OCH3 is 1. The van der Waals surface area contributed by atoms with Crippen LogP contribution >= 0.6 is 0 Å². The first kappa shape index (κ1) is 13.7. The van der Waals surface area contributed by atoms with Crippen molar-refractivity contribution in [1.82, 2.24) is 10.1 Å². The third-order valence-corrected chi connectivity index (χ3v) is 4.86. The highest BCUT2D eigenvalue weighted by atomic mass is 32.2. The van der Waals surface area contributed by atoms with Gasteiger partial charge in [-0.15, -0.1) is 5.12 Å². The number of ether oxygens (including phenoxy) is 1. The van der Waals surface area contributed by atoms with Gasteiger partial charge in [-0.3, -0.25) is 10.4 Å². The number of nitrogens with zero attached hydrogens (tertiary/aromatic N) is 3. The lowest BCUT2D eigenvalue weighted by atomic mass is 10.2. The monoisotopic (exact) mass is 306 g/mol.